The minimum absolute atomic E-state index is 0.0141. The van der Waals surface area contributed by atoms with Gasteiger partial charge in [0.2, 0.25) is 0 Å². The Morgan fingerprint density at radius 1 is 1.04 bits per heavy atom. The van der Waals surface area contributed by atoms with E-state index in [4.69, 9.17) is 18.0 Å². The zero-order valence-electron chi connectivity index (χ0n) is 27.2. The van der Waals surface area contributed by atoms with E-state index in [-0.39, 0.29) is 17.6 Å². The van der Waals surface area contributed by atoms with Crippen LogP contribution in [-0.2, 0) is 0 Å². The summed E-state index contributed by atoms with van der Waals surface area (Å²) in [5.41, 5.74) is 14.3. The Labute approximate surface area is 277 Å². The number of hydrogen-bond donors (Lipinski definition) is 4. The van der Waals surface area contributed by atoms with Crippen LogP contribution in [0.3, 0.4) is 0 Å². The van der Waals surface area contributed by atoms with E-state index in [1.165, 1.54) is 0 Å². The van der Waals surface area contributed by atoms with Crippen LogP contribution in [0.1, 0.15) is 75.0 Å². The monoisotopic (exact) mass is 634 g/mol. The molecule has 1 saturated heterocycles. The van der Waals surface area contributed by atoms with Crippen molar-refractivity contribution in [3.05, 3.63) is 106 Å². The molecular weight excluding hydrogens is 592 g/mol. The topological polar surface area (TPSA) is 80.4 Å². The van der Waals surface area contributed by atoms with Crippen LogP contribution in [0.2, 0.25) is 5.02 Å². The van der Waals surface area contributed by atoms with Gasteiger partial charge in [-0.25, -0.2) is 0 Å². The highest BCUT2D eigenvalue weighted by Gasteiger charge is 2.32. The highest BCUT2D eigenvalue weighted by Crippen LogP contribution is 2.37. The number of piperidine rings is 1. The van der Waals surface area contributed by atoms with E-state index in [1.807, 2.05) is 43.5 Å². The van der Waals surface area contributed by atoms with Crippen molar-refractivity contribution in [2.24, 2.45) is 0 Å². The fourth-order valence-electron chi connectivity index (χ4n) is 6.44. The summed E-state index contributed by atoms with van der Waals surface area (Å²) in [6.45, 7) is 13.2. The van der Waals surface area contributed by atoms with Gasteiger partial charge in [-0.15, -0.1) is 12.0 Å². The van der Waals surface area contributed by atoms with Crippen LogP contribution in [0.25, 0.3) is 10.9 Å². The number of nitrogens with one attached hydrogen (secondary N) is 4. The van der Waals surface area contributed by atoms with E-state index >= 15 is 0 Å². The average Bonchev–Trinajstić information content (AvgIpc) is 3.55. The molecule has 0 aliphatic carbocycles. The van der Waals surface area contributed by atoms with Gasteiger partial charge in [0, 0.05) is 71.6 Å². The lowest BCUT2D eigenvalue weighted by Crippen LogP contribution is -2.52. The number of benzene rings is 2. The summed E-state index contributed by atoms with van der Waals surface area (Å²) in [6, 6.07) is 18.6. The van der Waals surface area contributed by atoms with E-state index in [9.17, 15) is 0 Å². The highest BCUT2D eigenvalue weighted by molar-refractivity contribution is 6.35. The first-order valence-electron chi connectivity index (χ1n) is 16.0. The summed E-state index contributed by atoms with van der Waals surface area (Å²) in [6.07, 6.45) is 13.9. The number of rotatable bonds is 8. The molecule has 9 heteroatoms. The molecule has 6 rings (SSSR count). The lowest BCUT2D eigenvalue weighted by atomic mass is 9.97. The summed E-state index contributed by atoms with van der Waals surface area (Å²) in [5, 5.41) is 11.0. The molecule has 0 radical (unpaired) electrons. The van der Waals surface area contributed by atoms with Crippen LogP contribution in [0.15, 0.2) is 78.9 Å². The molecule has 2 aliphatic heterocycles. The molecule has 4 heterocycles. The van der Waals surface area contributed by atoms with Crippen LogP contribution in [-0.4, -0.2) is 44.5 Å². The third-order valence-corrected chi connectivity index (χ3v) is 9.42. The van der Waals surface area contributed by atoms with Crippen molar-refractivity contribution in [2.75, 3.05) is 23.7 Å². The number of hydrogen-bond acceptors (Lipinski definition) is 8. The highest BCUT2D eigenvalue weighted by atomic mass is 35.5. The van der Waals surface area contributed by atoms with Gasteiger partial charge in [0.05, 0.1) is 33.5 Å². The number of halogens is 1. The predicted octanol–water partition coefficient (Wildman–Crippen LogP) is 7.33. The average molecular weight is 635 g/mol. The van der Waals surface area contributed by atoms with Crippen LogP contribution < -0.4 is 21.6 Å². The molecule has 0 bridgehead atoms. The van der Waals surface area contributed by atoms with Crippen LogP contribution >= 0.6 is 11.6 Å². The van der Waals surface area contributed by atoms with Gasteiger partial charge in [0.1, 0.15) is 0 Å². The molecule has 4 N–H and O–H groups in total. The minimum Gasteiger partial charge on any atom is -0.377 e. The quantitative estimate of drug-likeness (QED) is 0.150. The zero-order chi connectivity index (χ0) is 32.4. The number of nitrogens with zero attached hydrogens (tertiary/aromatic N) is 4. The van der Waals surface area contributed by atoms with Crippen molar-refractivity contribution in [2.45, 2.75) is 71.1 Å². The number of hydrazine groups is 2. The maximum Gasteiger partial charge on any atom is 0.0961 e. The van der Waals surface area contributed by atoms with E-state index in [0.29, 0.717) is 22.1 Å². The first-order valence-corrected chi connectivity index (χ1v) is 16.4. The number of terminal acetylenes is 1. The van der Waals surface area contributed by atoms with Gasteiger partial charge in [0.15, 0.2) is 0 Å². The molecule has 0 spiro atoms. The molecular formula is C37H43ClN8. The van der Waals surface area contributed by atoms with Gasteiger partial charge in [-0.3, -0.25) is 19.9 Å². The molecule has 0 unspecified atom stereocenters. The summed E-state index contributed by atoms with van der Waals surface area (Å²) < 4.78 is 0. The summed E-state index contributed by atoms with van der Waals surface area (Å²) >= 11 is 6.92. The molecule has 2 atom stereocenters. The van der Waals surface area contributed by atoms with Crippen molar-refractivity contribution < 1.29 is 0 Å². The second-order valence-corrected chi connectivity index (χ2v) is 13.6. The normalized spacial score (nSPS) is 17.2. The standard InChI is InChI=1S/C37H43ClN8/c1-7-26-22-40-35-31(34(26)41-24(2)27-12-9-8-10-13-27)20-28(21-32(35)38)42-36(30-14-11-17-39-25(30)3)33-23-46(44-43-33)29-15-18-45(19-16-29)37(4,5)6/h1,8-14,17,20-24,29,36,42-44H,15-16,18-19H2,2-6H3,(H,40,41)/t24-,36+/m1/s1. The van der Waals surface area contributed by atoms with Gasteiger partial charge in [-0.05, 0) is 71.2 Å². The van der Waals surface area contributed by atoms with Gasteiger partial charge in [0.25, 0.3) is 0 Å². The Morgan fingerprint density at radius 2 is 1.80 bits per heavy atom. The number of likely N-dealkylation sites (tertiary alicyclic amines) is 1. The Hall–Kier alpha value is -4.29. The van der Waals surface area contributed by atoms with Crippen molar-refractivity contribution >= 4 is 33.9 Å². The van der Waals surface area contributed by atoms with E-state index in [0.717, 1.165) is 65.2 Å². The Bertz CT molecular complexity index is 1770. The largest absolute Gasteiger partial charge is 0.377 e. The smallest absolute Gasteiger partial charge is 0.0961 e. The molecule has 2 aromatic heterocycles. The lowest BCUT2D eigenvalue weighted by molar-refractivity contribution is 0.0570. The maximum absolute atomic E-state index is 6.92. The van der Waals surface area contributed by atoms with E-state index in [1.54, 1.807) is 6.20 Å². The van der Waals surface area contributed by atoms with E-state index < -0.39 is 0 Å². The Kier molecular flexibility index (Phi) is 9.10. The fraction of sp³-hybridized carbons (Fsp3) is 0.351. The number of pyridine rings is 2. The molecule has 2 aromatic carbocycles. The van der Waals surface area contributed by atoms with Crippen molar-refractivity contribution in [3.8, 4) is 12.3 Å². The molecule has 8 nitrogen and oxygen atoms in total. The van der Waals surface area contributed by atoms with Crippen molar-refractivity contribution in [1.82, 2.24) is 30.8 Å². The van der Waals surface area contributed by atoms with Gasteiger partial charge >= 0.3 is 0 Å². The molecule has 238 valence electrons. The molecule has 0 amide bonds. The fourth-order valence-corrected chi connectivity index (χ4v) is 6.71. The van der Waals surface area contributed by atoms with Crippen molar-refractivity contribution in [1.29, 1.82) is 0 Å². The number of aryl methyl sites for hydroxylation is 1. The second kappa shape index (κ2) is 13.2. The number of aromatic nitrogens is 2. The summed E-state index contributed by atoms with van der Waals surface area (Å²) in [7, 11) is 0. The number of fused-ring (bicyclic) bond motifs is 1. The Morgan fingerprint density at radius 3 is 2.50 bits per heavy atom. The predicted molar refractivity (Wildman–Crippen MR) is 189 cm³/mol. The molecule has 4 aromatic rings. The third kappa shape index (κ3) is 6.63. The van der Waals surface area contributed by atoms with Crippen molar-refractivity contribution in [3.63, 3.8) is 0 Å². The Balaban J connectivity index is 1.33. The lowest BCUT2D eigenvalue weighted by Gasteiger charge is -2.42. The molecule has 1 fully saturated rings. The maximum atomic E-state index is 6.92. The first-order chi connectivity index (χ1) is 22.1. The summed E-state index contributed by atoms with van der Waals surface area (Å²) in [4.78, 5) is 11.8. The van der Waals surface area contributed by atoms with Gasteiger partial charge < -0.3 is 16.1 Å². The minimum atomic E-state index is -0.224. The summed E-state index contributed by atoms with van der Waals surface area (Å²) in [5.74, 6) is 2.82. The van der Waals surface area contributed by atoms with E-state index in [2.05, 4.69) is 106 Å². The molecule has 46 heavy (non-hydrogen) atoms. The molecule has 0 saturated carbocycles. The van der Waals surface area contributed by atoms with Crippen LogP contribution in [0.4, 0.5) is 11.4 Å². The van der Waals surface area contributed by atoms with Crippen LogP contribution in [0, 0.1) is 19.3 Å². The third-order valence-electron chi connectivity index (χ3n) is 9.14. The van der Waals surface area contributed by atoms with Gasteiger partial charge in [-0.1, -0.05) is 53.9 Å². The first kappa shape index (κ1) is 31.7. The van der Waals surface area contributed by atoms with Gasteiger partial charge in [-0.2, -0.15) is 0 Å². The second-order valence-electron chi connectivity index (χ2n) is 13.2. The molecule has 2 aliphatic rings. The SMILES string of the molecule is C#Cc1cnc2c(Cl)cc(N[C@H](C3=CN(C4CCN(C(C)(C)C)CC4)NN3)c3cccnc3C)cc2c1N[C@H](C)c1ccccc1. The zero-order valence-corrected chi connectivity index (χ0v) is 28.0. The number of anilines is 2. The van der Waals surface area contributed by atoms with Crippen LogP contribution in [0.5, 0.6) is 0 Å².